The highest BCUT2D eigenvalue weighted by atomic mass is 32.2. The van der Waals surface area contributed by atoms with Crippen LogP contribution in [0.15, 0.2) is 30.6 Å². The Kier molecular flexibility index (Phi) is 4.37. The van der Waals surface area contributed by atoms with E-state index in [1.165, 1.54) is 6.26 Å². The summed E-state index contributed by atoms with van der Waals surface area (Å²) in [5.41, 5.74) is 2.42. The van der Waals surface area contributed by atoms with Crippen LogP contribution in [0.4, 0.5) is 5.82 Å². The molecule has 2 N–H and O–H groups in total. The van der Waals surface area contributed by atoms with Crippen molar-refractivity contribution in [2.24, 2.45) is 0 Å². The lowest BCUT2D eigenvalue weighted by Crippen LogP contribution is -2.51. The predicted molar refractivity (Wildman–Crippen MR) is 119 cm³/mol. The van der Waals surface area contributed by atoms with E-state index in [9.17, 15) is 4.21 Å². The van der Waals surface area contributed by atoms with Crippen molar-refractivity contribution in [3.05, 3.63) is 36.3 Å². The molecule has 4 heterocycles. The van der Waals surface area contributed by atoms with Gasteiger partial charge in [0.2, 0.25) is 0 Å². The Bertz CT molecular complexity index is 1220. The van der Waals surface area contributed by atoms with Gasteiger partial charge in [0, 0.05) is 61.3 Å². The minimum Gasteiger partial charge on any atom is -0.351 e. The lowest BCUT2D eigenvalue weighted by Gasteiger charge is -2.39. The summed E-state index contributed by atoms with van der Waals surface area (Å²) in [5.74, 6) is 1.46. The number of aromatic amines is 1. The second-order valence-corrected chi connectivity index (χ2v) is 11.1. The van der Waals surface area contributed by atoms with E-state index in [1.807, 2.05) is 24.4 Å². The van der Waals surface area contributed by atoms with Gasteiger partial charge in [0.15, 0.2) is 5.82 Å². The number of pyridine rings is 1. The molecular weight excluding hydrogens is 398 g/mol. The van der Waals surface area contributed by atoms with Gasteiger partial charge in [0.1, 0.15) is 11.5 Å². The molecule has 8 nitrogen and oxygen atoms in total. The molecule has 2 aliphatic rings. The van der Waals surface area contributed by atoms with Crippen molar-refractivity contribution < 1.29 is 4.21 Å². The first-order valence-corrected chi connectivity index (χ1v) is 12.3. The van der Waals surface area contributed by atoms with Gasteiger partial charge in [-0.2, -0.15) is 0 Å². The monoisotopic (exact) mass is 425 g/mol. The standard InChI is InChI=1S/C21H27N7OS/c1-14-13-27(2)10-11-28(14)18-12-17(21(6-7-21)30(3,22)29)25-20(26-18)16-5-9-24-19-15(16)4-8-23-19/h4-5,8-9,12,14,22H,6-7,10-11,13H2,1-3H3,(H,23,24)/t14-,30?/m1/s1. The maximum atomic E-state index is 12.9. The van der Waals surface area contributed by atoms with Crippen LogP contribution in [-0.2, 0) is 14.5 Å². The van der Waals surface area contributed by atoms with Crippen molar-refractivity contribution in [3.63, 3.8) is 0 Å². The highest BCUT2D eigenvalue weighted by molar-refractivity contribution is 7.92. The van der Waals surface area contributed by atoms with Crippen LogP contribution >= 0.6 is 0 Å². The van der Waals surface area contributed by atoms with Crippen LogP contribution in [0.5, 0.6) is 0 Å². The summed E-state index contributed by atoms with van der Waals surface area (Å²) < 4.78 is 20.5. The number of piperazine rings is 1. The molecular formula is C21H27N7OS. The fraction of sp³-hybridized carbons (Fsp3) is 0.476. The summed E-state index contributed by atoms with van der Waals surface area (Å²) in [4.78, 5) is 22.0. The van der Waals surface area contributed by atoms with Crippen LogP contribution in [-0.4, -0.2) is 68.0 Å². The van der Waals surface area contributed by atoms with E-state index >= 15 is 0 Å². The van der Waals surface area contributed by atoms with Gasteiger partial charge in [-0.15, -0.1) is 0 Å². The average Bonchev–Trinajstić information content (AvgIpc) is 3.39. The molecule has 5 rings (SSSR count). The van der Waals surface area contributed by atoms with Crippen LogP contribution in [0.1, 0.15) is 25.5 Å². The number of hydrogen-bond donors (Lipinski definition) is 2. The van der Waals surface area contributed by atoms with Crippen LogP contribution < -0.4 is 4.90 Å². The van der Waals surface area contributed by atoms with E-state index in [-0.39, 0.29) is 0 Å². The van der Waals surface area contributed by atoms with Crippen LogP contribution in [0.25, 0.3) is 22.4 Å². The topological polar surface area (TPSA) is 102 Å². The number of anilines is 1. The molecule has 1 saturated carbocycles. The number of nitrogens with zero attached hydrogens (tertiary/aromatic N) is 5. The molecule has 1 saturated heterocycles. The summed E-state index contributed by atoms with van der Waals surface area (Å²) in [7, 11) is -0.646. The highest BCUT2D eigenvalue weighted by Gasteiger charge is 2.53. The molecule has 0 bridgehead atoms. The van der Waals surface area contributed by atoms with Crippen LogP contribution in [0.3, 0.4) is 0 Å². The number of rotatable bonds is 4. The number of hydrogen-bond acceptors (Lipinski definition) is 7. The van der Waals surface area contributed by atoms with Crippen molar-refractivity contribution in [3.8, 4) is 11.4 Å². The van der Waals surface area contributed by atoms with Gasteiger partial charge in [-0.3, -0.25) is 4.78 Å². The second kappa shape index (κ2) is 6.75. The third kappa shape index (κ3) is 3.07. The Hall–Kier alpha value is -2.52. The first-order chi connectivity index (χ1) is 14.3. The average molecular weight is 426 g/mol. The Morgan fingerprint density at radius 1 is 1.27 bits per heavy atom. The van der Waals surface area contributed by atoms with E-state index in [1.54, 1.807) is 6.20 Å². The fourth-order valence-corrected chi connectivity index (χ4v) is 5.91. The van der Waals surface area contributed by atoms with Crippen molar-refractivity contribution >= 4 is 26.6 Å². The molecule has 30 heavy (non-hydrogen) atoms. The summed E-state index contributed by atoms with van der Waals surface area (Å²) in [6.07, 6.45) is 6.62. The molecule has 1 aliphatic heterocycles. The summed E-state index contributed by atoms with van der Waals surface area (Å²) >= 11 is 0. The maximum absolute atomic E-state index is 12.9. The SMILES string of the molecule is C[C@@H]1CN(C)CCN1c1cc(C2(S(C)(=N)=O)CC2)nc(-c2ccnc3[nH]ccc23)n1. The van der Waals surface area contributed by atoms with E-state index < -0.39 is 14.5 Å². The van der Waals surface area contributed by atoms with Gasteiger partial charge in [-0.25, -0.2) is 19.2 Å². The Morgan fingerprint density at radius 2 is 2.07 bits per heavy atom. The molecule has 1 aliphatic carbocycles. The molecule has 2 atom stereocenters. The largest absolute Gasteiger partial charge is 0.351 e. The minimum absolute atomic E-state index is 0.307. The quantitative estimate of drug-likeness (QED) is 0.666. The molecule has 3 aromatic heterocycles. The van der Waals surface area contributed by atoms with Crippen molar-refractivity contribution in [2.75, 3.05) is 37.8 Å². The number of aromatic nitrogens is 4. The van der Waals surface area contributed by atoms with Gasteiger partial charge < -0.3 is 14.8 Å². The molecule has 3 aromatic rings. The number of nitrogens with one attached hydrogen (secondary N) is 2. The zero-order chi connectivity index (χ0) is 21.1. The second-order valence-electron chi connectivity index (χ2n) is 8.68. The molecule has 2 fully saturated rings. The molecule has 0 radical (unpaired) electrons. The first kappa shape index (κ1) is 19.4. The normalized spacial score (nSPS) is 23.4. The van der Waals surface area contributed by atoms with Crippen LogP contribution in [0, 0.1) is 4.78 Å². The summed E-state index contributed by atoms with van der Waals surface area (Å²) in [6.45, 7) is 5.00. The van der Waals surface area contributed by atoms with Gasteiger partial charge in [0.05, 0.1) is 20.2 Å². The van der Waals surface area contributed by atoms with Gasteiger partial charge in [0.25, 0.3) is 0 Å². The zero-order valence-corrected chi connectivity index (χ0v) is 18.4. The highest BCUT2D eigenvalue weighted by Crippen LogP contribution is 2.52. The molecule has 0 amide bonds. The van der Waals surface area contributed by atoms with Gasteiger partial charge in [-0.1, -0.05) is 0 Å². The first-order valence-electron chi connectivity index (χ1n) is 10.3. The third-order valence-corrected chi connectivity index (χ3v) is 8.56. The summed E-state index contributed by atoms with van der Waals surface area (Å²) in [5, 5.41) is 0.958. The number of fused-ring (bicyclic) bond motifs is 1. The third-order valence-electron chi connectivity index (χ3n) is 6.46. The number of H-pyrrole nitrogens is 1. The zero-order valence-electron chi connectivity index (χ0n) is 17.6. The van der Waals surface area contributed by atoms with E-state index in [2.05, 4.69) is 33.7 Å². The van der Waals surface area contributed by atoms with E-state index in [0.717, 1.165) is 60.6 Å². The van der Waals surface area contributed by atoms with Gasteiger partial charge >= 0.3 is 0 Å². The van der Waals surface area contributed by atoms with Crippen molar-refractivity contribution in [1.82, 2.24) is 24.8 Å². The minimum atomic E-state index is -2.78. The summed E-state index contributed by atoms with van der Waals surface area (Å²) in [6, 6.07) is 6.19. The molecule has 0 aromatic carbocycles. The molecule has 9 heteroatoms. The molecule has 0 spiro atoms. The molecule has 1 unspecified atom stereocenters. The molecule has 158 valence electrons. The Labute approximate surface area is 176 Å². The Balaban J connectivity index is 1.69. The van der Waals surface area contributed by atoms with Crippen molar-refractivity contribution in [2.45, 2.75) is 30.6 Å². The van der Waals surface area contributed by atoms with Crippen molar-refractivity contribution in [1.29, 1.82) is 4.78 Å². The van der Waals surface area contributed by atoms with E-state index in [4.69, 9.17) is 14.7 Å². The fourth-order valence-electron chi connectivity index (χ4n) is 4.53. The lowest BCUT2D eigenvalue weighted by atomic mass is 10.1. The Morgan fingerprint density at radius 3 is 2.77 bits per heavy atom. The predicted octanol–water partition coefficient (Wildman–Crippen LogP) is 2.83. The number of likely N-dealkylation sites (N-methyl/N-ethyl adjacent to an activating group) is 1. The van der Waals surface area contributed by atoms with Crippen LogP contribution in [0.2, 0.25) is 0 Å². The maximum Gasteiger partial charge on any atom is 0.162 e. The van der Waals surface area contributed by atoms with Gasteiger partial charge in [-0.05, 0) is 38.9 Å². The smallest absolute Gasteiger partial charge is 0.162 e. The van der Waals surface area contributed by atoms with E-state index in [0.29, 0.717) is 11.9 Å². The lowest BCUT2D eigenvalue weighted by molar-refractivity contribution is 0.274.